The summed E-state index contributed by atoms with van der Waals surface area (Å²) in [6.45, 7) is 2.89. The van der Waals surface area contributed by atoms with E-state index < -0.39 is 0 Å². The van der Waals surface area contributed by atoms with Gasteiger partial charge in [-0.3, -0.25) is 4.79 Å². The smallest absolute Gasteiger partial charge is 0.263 e. The third-order valence-electron chi connectivity index (χ3n) is 3.46. The molecule has 1 amide bonds. The monoisotopic (exact) mass is 307 g/mol. The molecule has 1 atom stereocenters. The van der Waals surface area contributed by atoms with E-state index in [1.807, 2.05) is 11.6 Å². The van der Waals surface area contributed by atoms with Gasteiger partial charge in [0.1, 0.15) is 10.7 Å². The Balaban J connectivity index is 1.76. The molecule has 0 bridgehead atoms. The molecule has 2 aromatic heterocycles. The lowest BCUT2D eigenvalue weighted by Crippen LogP contribution is -2.32. The van der Waals surface area contributed by atoms with Gasteiger partial charge < -0.3 is 10.1 Å². The molecule has 112 valence electrons. The SMILES string of the molecule is CCc1nc2n(n1)CCC[C@H]2NC(=O)c1cc(OC)ns1. The lowest BCUT2D eigenvalue weighted by molar-refractivity contribution is 0.0931. The highest BCUT2D eigenvalue weighted by atomic mass is 32.1. The standard InChI is InChI=1S/C13H17N5O2S/c1-3-10-15-12-8(5-4-6-18(12)16-10)14-13(19)9-7-11(20-2)17-21-9/h7-8H,3-6H2,1-2H3,(H,14,19)/t8-/m1/s1. The van der Waals surface area contributed by atoms with Crippen LogP contribution >= 0.6 is 11.5 Å². The van der Waals surface area contributed by atoms with Gasteiger partial charge in [0.2, 0.25) is 5.88 Å². The lowest BCUT2D eigenvalue weighted by Gasteiger charge is -2.22. The van der Waals surface area contributed by atoms with Crippen molar-refractivity contribution in [2.75, 3.05) is 7.11 Å². The van der Waals surface area contributed by atoms with Crippen molar-refractivity contribution in [2.45, 2.75) is 38.8 Å². The van der Waals surface area contributed by atoms with Crippen LogP contribution in [0.1, 0.15) is 47.1 Å². The lowest BCUT2D eigenvalue weighted by atomic mass is 10.1. The van der Waals surface area contributed by atoms with E-state index in [0.29, 0.717) is 10.8 Å². The van der Waals surface area contributed by atoms with Gasteiger partial charge in [0.05, 0.1) is 13.2 Å². The number of carbonyl (C=O) groups excluding carboxylic acids is 1. The highest BCUT2D eigenvalue weighted by Gasteiger charge is 2.26. The summed E-state index contributed by atoms with van der Waals surface area (Å²) in [5.74, 6) is 1.99. The van der Waals surface area contributed by atoms with E-state index in [0.717, 1.165) is 49.0 Å². The number of fused-ring (bicyclic) bond motifs is 1. The van der Waals surface area contributed by atoms with Gasteiger partial charge in [-0.25, -0.2) is 9.67 Å². The molecular formula is C13H17N5O2S. The summed E-state index contributed by atoms with van der Waals surface area (Å²) in [6.07, 6.45) is 2.66. The van der Waals surface area contributed by atoms with Crippen LogP contribution in [0.4, 0.5) is 0 Å². The zero-order valence-corrected chi connectivity index (χ0v) is 12.8. The van der Waals surface area contributed by atoms with Gasteiger partial charge in [-0.2, -0.15) is 9.47 Å². The van der Waals surface area contributed by atoms with Crippen molar-refractivity contribution < 1.29 is 9.53 Å². The second-order valence-electron chi connectivity index (χ2n) is 4.86. The van der Waals surface area contributed by atoms with Crippen LogP contribution in [0.3, 0.4) is 0 Å². The largest absolute Gasteiger partial charge is 0.480 e. The first kappa shape index (κ1) is 14.0. The summed E-state index contributed by atoms with van der Waals surface area (Å²) in [6, 6.07) is 1.55. The number of hydrogen-bond donors (Lipinski definition) is 1. The van der Waals surface area contributed by atoms with Gasteiger partial charge in [-0.05, 0) is 24.4 Å². The molecule has 0 saturated heterocycles. The Morgan fingerprint density at radius 1 is 1.62 bits per heavy atom. The Labute approximate surface area is 126 Å². The molecule has 7 nitrogen and oxygen atoms in total. The maximum Gasteiger partial charge on any atom is 0.263 e. The summed E-state index contributed by atoms with van der Waals surface area (Å²) in [5.41, 5.74) is 0. The minimum atomic E-state index is -0.143. The van der Waals surface area contributed by atoms with Gasteiger partial charge in [-0.15, -0.1) is 0 Å². The first-order valence-corrected chi connectivity index (χ1v) is 7.73. The minimum Gasteiger partial charge on any atom is -0.480 e. The van der Waals surface area contributed by atoms with E-state index in [2.05, 4.69) is 19.8 Å². The number of carbonyl (C=O) groups is 1. The molecule has 21 heavy (non-hydrogen) atoms. The van der Waals surface area contributed by atoms with Crippen molar-refractivity contribution in [2.24, 2.45) is 0 Å². The number of rotatable bonds is 4. The van der Waals surface area contributed by atoms with Crippen LogP contribution in [0.15, 0.2) is 6.07 Å². The Kier molecular flexibility index (Phi) is 3.87. The normalized spacial score (nSPS) is 17.3. The number of amides is 1. The van der Waals surface area contributed by atoms with E-state index in [1.54, 1.807) is 6.07 Å². The first-order chi connectivity index (χ1) is 10.2. The molecule has 1 N–H and O–H groups in total. The summed E-state index contributed by atoms with van der Waals surface area (Å²) in [5, 5.41) is 7.46. The van der Waals surface area contributed by atoms with Crippen LogP contribution in [-0.4, -0.2) is 32.2 Å². The second-order valence-corrected chi connectivity index (χ2v) is 5.67. The van der Waals surface area contributed by atoms with E-state index in [4.69, 9.17) is 4.74 Å². The molecule has 1 aliphatic rings. The molecule has 0 fully saturated rings. The van der Waals surface area contributed by atoms with Gasteiger partial charge in [-0.1, -0.05) is 6.92 Å². The minimum absolute atomic E-state index is 0.0906. The molecule has 0 aliphatic carbocycles. The average molecular weight is 307 g/mol. The molecule has 0 spiro atoms. The second kappa shape index (κ2) is 5.80. The molecule has 1 aliphatic heterocycles. The Morgan fingerprint density at radius 3 is 3.19 bits per heavy atom. The van der Waals surface area contributed by atoms with Crippen LogP contribution in [0.5, 0.6) is 5.88 Å². The summed E-state index contributed by atoms with van der Waals surface area (Å²) in [7, 11) is 1.53. The number of hydrogen-bond acceptors (Lipinski definition) is 6. The Bertz CT molecular complexity index is 651. The van der Waals surface area contributed by atoms with Crippen molar-refractivity contribution in [1.82, 2.24) is 24.5 Å². The van der Waals surface area contributed by atoms with Crippen LogP contribution < -0.4 is 10.1 Å². The predicted octanol–water partition coefficient (Wildman–Crippen LogP) is 1.57. The molecule has 8 heteroatoms. The van der Waals surface area contributed by atoms with Crippen molar-refractivity contribution >= 4 is 17.4 Å². The molecule has 3 rings (SSSR count). The number of aryl methyl sites for hydroxylation is 2. The molecule has 0 saturated carbocycles. The highest BCUT2D eigenvalue weighted by Crippen LogP contribution is 2.24. The molecule has 3 heterocycles. The first-order valence-electron chi connectivity index (χ1n) is 6.96. The van der Waals surface area contributed by atoms with E-state index in [9.17, 15) is 4.79 Å². The van der Waals surface area contributed by atoms with Crippen LogP contribution in [-0.2, 0) is 13.0 Å². The van der Waals surface area contributed by atoms with E-state index in [1.165, 1.54) is 7.11 Å². The van der Waals surface area contributed by atoms with E-state index in [-0.39, 0.29) is 11.9 Å². The fourth-order valence-electron chi connectivity index (χ4n) is 2.38. The Hall–Kier alpha value is -1.96. The maximum absolute atomic E-state index is 12.3. The van der Waals surface area contributed by atoms with Gasteiger partial charge in [0.25, 0.3) is 5.91 Å². The molecule has 0 aromatic carbocycles. The summed E-state index contributed by atoms with van der Waals surface area (Å²) in [4.78, 5) is 17.3. The number of aromatic nitrogens is 4. The van der Waals surface area contributed by atoms with Crippen molar-refractivity contribution in [3.8, 4) is 5.88 Å². The molecular weight excluding hydrogens is 290 g/mol. The van der Waals surface area contributed by atoms with Crippen molar-refractivity contribution in [3.63, 3.8) is 0 Å². The van der Waals surface area contributed by atoms with E-state index >= 15 is 0 Å². The predicted molar refractivity (Wildman–Crippen MR) is 77.5 cm³/mol. The molecule has 2 aromatic rings. The highest BCUT2D eigenvalue weighted by molar-refractivity contribution is 7.08. The third-order valence-corrected chi connectivity index (χ3v) is 4.23. The van der Waals surface area contributed by atoms with Crippen molar-refractivity contribution in [1.29, 1.82) is 0 Å². The van der Waals surface area contributed by atoms with Crippen LogP contribution in [0.2, 0.25) is 0 Å². The zero-order valence-electron chi connectivity index (χ0n) is 12.0. The van der Waals surface area contributed by atoms with Crippen molar-refractivity contribution in [3.05, 3.63) is 22.6 Å². The summed E-state index contributed by atoms with van der Waals surface area (Å²) >= 11 is 1.13. The van der Waals surface area contributed by atoms with Gasteiger partial charge in [0.15, 0.2) is 5.82 Å². The van der Waals surface area contributed by atoms with Gasteiger partial charge in [0, 0.05) is 19.0 Å². The Morgan fingerprint density at radius 2 is 2.48 bits per heavy atom. The van der Waals surface area contributed by atoms with Crippen LogP contribution in [0.25, 0.3) is 0 Å². The topological polar surface area (TPSA) is 81.9 Å². The van der Waals surface area contributed by atoms with Gasteiger partial charge >= 0.3 is 0 Å². The fourth-order valence-corrected chi connectivity index (χ4v) is 2.99. The number of nitrogens with zero attached hydrogens (tertiary/aromatic N) is 4. The third kappa shape index (κ3) is 2.76. The zero-order chi connectivity index (χ0) is 14.8. The summed E-state index contributed by atoms with van der Waals surface area (Å²) < 4.78 is 10.9. The number of nitrogens with one attached hydrogen (secondary N) is 1. The number of methoxy groups -OCH3 is 1. The number of ether oxygens (including phenoxy) is 1. The molecule has 0 unspecified atom stereocenters. The van der Waals surface area contributed by atoms with Crippen LogP contribution in [0, 0.1) is 0 Å². The average Bonchev–Trinajstić information content (AvgIpc) is 3.14. The quantitative estimate of drug-likeness (QED) is 0.927. The fraction of sp³-hybridized carbons (Fsp3) is 0.538. The maximum atomic E-state index is 12.3. The molecule has 0 radical (unpaired) electrons.